The number of benzene rings is 1. The molecule has 5 heteroatoms. The second-order valence-corrected chi connectivity index (χ2v) is 6.95. The molecule has 0 spiro atoms. The predicted octanol–water partition coefficient (Wildman–Crippen LogP) is 4.16. The molecule has 0 radical (unpaired) electrons. The predicted molar refractivity (Wildman–Crippen MR) is 109 cm³/mol. The standard InChI is InChI=1S/C21H22N4S/c1-3-15-9-11-16(12-10-15)25-20(18-8-6-14-24(18)2)19(23-21(25)26)17-7-4-5-13-22-17/h4-14,19-20H,3H2,1-2H3,(H,23,26)/t19-,20+/m1/s1. The maximum Gasteiger partial charge on any atom is 0.174 e. The lowest BCUT2D eigenvalue weighted by Crippen LogP contribution is -2.30. The molecule has 0 aliphatic carbocycles. The van der Waals surface area contributed by atoms with Crippen molar-refractivity contribution < 1.29 is 0 Å². The quantitative estimate of drug-likeness (QED) is 0.707. The van der Waals surface area contributed by atoms with Crippen molar-refractivity contribution in [2.45, 2.75) is 25.4 Å². The molecule has 2 atom stereocenters. The van der Waals surface area contributed by atoms with E-state index < -0.39 is 0 Å². The van der Waals surface area contributed by atoms with Crippen LogP contribution in [0.2, 0.25) is 0 Å². The monoisotopic (exact) mass is 362 g/mol. The van der Waals surface area contributed by atoms with Gasteiger partial charge in [0.25, 0.3) is 0 Å². The van der Waals surface area contributed by atoms with Gasteiger partial charge in [0.15, 0.2) is 5.11 Å². The van der Waals surface area contributed by atoms with E-state index in [1.807, 2.05) is 18.3 Å². The Balaban J connectivity index is 1.81. The summed E-state index contributed by atoms with van der Waals surface area (Å²) in [6.45, 7) is 2.17. The summed E-state index contributed by atoms with van der Waals surface area (Å²) in [6, 6.07) is 19.0. The zero-order chi connectivity index (χ0) is 18.1. The second kappa shape index (κ2) is 6.92. The van der Waals surface area contributed by atoms with Crippen LogP contribution in [0, 0.1) is 0 Å². The number of anilines is 1. The summed E-state index contributed by atoms with van der Waals surface area (Å²) in [4.78, 5) is 6.79. The molecule has 2 aromatic heterocycles. The Hall–Kier alpha value is -2.66. The number of pyridine rings is 1. The van der Waals surface area contributed by atoms with E-state index in [1.165, 1.54) is 11.3 Å². The molecule has 1 N–H and O–H groups in total. The van der Waals surface area contributed by atoms with Crippen LogP contribution in [0.1, 0.15) is 36.0 Å². The van der Waals surface area contributed by atoms with E-state index in [0.717, 1.165) is 22.9 Å². The molecule has 3 aromatic rings. The van der Waals surface area contributed by atoms with Gasteiger partial charge in [0.2, 0.25) is 0 Å². The summed E-state index contributed by atoms with van der Waals surface area (Å²) >= 11 is 5.73. The molecule has 0 amide bonds. The Labute approximate surface area is 159 Å². The Morgan fingerprint density at radius 2 is 1.88 bits per heavy atom. The van der Waals surface area contributed by atoms with E-state index in [4.69, 9.17) is 12.2 Å². The third kappa shape index (κ3) is 2.88. The van der Waals surface area contributed by atoms with Crippen molar-refractivity contribution in [1.29, 1.82) is 0 Å². The maximum atomic E-state index is 5.73. The van der Waals surface area contributed by atoms with Gasteiger partial charge in [0.1, 0.15) is 6.04 Å². The van der Waals surface area contributed by atoms with Crippen LogP contribution in [0.4, 0.5) is 5.69 Å². The highest BCUT2D eigenvalue weighted by molar-refractivity contribution is 7.80. The first kappa shape index (κ1) is 16.8. The molecule has 0 saturated carbocycles. The van der Waals surface area contributed by atoms with E-state index in [0.29, 0.717) is 0 Å². The number of thiocarbonyl (C=S) groups is 1. The van der Waals surface area contributed by atoms with Gasteiger partial charge in [-0.1, -0.05) is 25.1 Å². The van der Waals surface area contributed by atoms with Crippen molar-refractivity contribution in [2.75, 3.05) is 4.90 Å². The van der Waals surface area contributed by atoms with Crippen molar-refractivity contribution >= 4 is 23.0 Å². The molecular weight excluding hydrogens is 340 g/mol. The Morgan fingerprint density at radius 3 is 2.50 bits per heavy atom. The number of hydrogen-bond donors (Lipinski definition) is 1. The zero-order valence-corrected chi connectivity index (χ0v) is 15.8. The van der Waals surface area contributed by atoms with Gasteiger partial charge >= 0.3 is 0 Å². The van der Waals surface area contributed by atoms with Crippen LogP contribution >= 0.6 is 12.2 Å². The van der Waals surface area contributed by atoms with Gasteiger partial charge in [0, 0.05) is 30.8 Å². The van der Waals surface area contributed by atoms with Gasteiger partial charge < -0.3 is 14.8 Å². The number of nitrogens with zero attached hydrogens (tertiary/aromatic N) is 3. The van der Waals surface area contributed by atoms with Crippen LogP contribution in [0.15, 0.2) is 67.0 Å². The van der Waals surface area contributed by atoms with Crippen molar-refractivity contribution in [2.24, 2.45) is 7.05 Å². The van der Waals surface area contributed by atoms with Gasteiger partial charge in [-0.3, -0.25) is 4.98 Å². The molecule has 0 unspecified atom stereocenters. The first-order valence-electron chi connectivity index (χ1n) is 8.90. The fourth-order valence-corrected chi connectivity index (χ4v) is 3.95. The van der Waals surface area contributed by atoms with Crippen LogP contribution in [0.25, 0.3) is 0 Å². The van der Waals surface area contributed by atoms with Crippen LogP contribution in [0.3, 0.4) is 0 Å². The molecule has 3 heterocycles. The molecule has 26 heavy (non-hydrogen) atoms. The van der Waals surface area contributed by atoms with E-state index in [2.05, 4.69) is 82.4 Å². The number of aryl methyl sites for hydroxylation is 2. The molecular formula is C21H22N4S. The number of hydrogen-bond acceptors (Lipinski definition) is 2. The molecule has 4 rings (SSSR count). The van der Waals surface area contributed by atoms with Gasteiger partial charge in [-0.05, 0) is 60.6 Å². The van der Waals surface area contributed by atoms with Crippen molar-refractivity contribution in [1.82, 2.24) is 14.9 Å². The number of nitrogens with one attached hydrogen (secondary N) is 1. The SMILES string of the molecule is CCc1ccc(N2C(=S)N[C@H](c3ccccn3)[C@@H]2c2cccn2C)cc1. The molecule has 132 valence electrons. The van der Waals surface area contributed by atoms with Gasteiger partial charge in [0.05, 0.1) is 11.7 Å². The summed E-state index contributed by atoms with van der Waals surface area (Å²) < 4.78 is 2.16. The summed E-state index contributed by atoms with van der Waals surface area (Å²) in [5, 5.41) is 4.23. The molecule has 1 aromatic carbocycles. The summed E-state index contributed by atoms with van der Waals surface area (Å²) in [7, 11) is 2.07. The summed E-state index contributed by atoms with van der Waals surface area (Å²) in [6.07, 6.45) is 4.94. The van der Waals surface area contributed by atoms with Crippen LogP contribution in [-0.4, -0.2) is 14.7 Å². The smallest absolute Gasteiger partial charge is 0.174 e. The molecule has 1 aliphatic heterocycles. The molecule has 4 nitrogen and oxygen atoms in total. The molecule has 1 fully saturated rings. The lowest BCUT2D eigenvalue weighted by molar-refractivity contribution is 0.541. The highest BCUT2D eigenvalue weighted by atomic mass is 32.1. The third-order valence-electron chi connectivity index (χ3n) is 5.01. The van der Waals surface area contributed by atoms with Crippen LogP contribution < -0.4 is 10.2 Å². The topological polar surface area (TPSA) is 33.1 Å². The van der Waals surface area contributed by atoms with Crippen molar-refractivity contribution in [3.63, 3.8) is 0 Å². The Kier molecular flexibility index (Phi) is 4.47. The highest BCUT2D eigenvalue weighted by Gasteiger charge is 2.41. The Morgan fingerprint density at radius 1 is 1.08 bits per heavy atom. The Bertz CT molecular complexity index is 901. The number of aromatic nitrogens is 2. The summed E-state index contributed by atoms with van der Waals surface area (Å²) in [5.41, 5.74) is 4.62. The lowest BCUT2D eigenvalue weighted by Gasteiger charge is -2.28. The first-order valence-corrected chi connectivity index (χ1v) is 9.30. The highest BCUT2D eigenvalue weighted by Crippen LogP contribution is 2.41. The minimum Gasteiger partial charge on any atom is -0.353 e. The molecule has 0 bridgehead atoms. The minimum atomic E-state index is 0.00292. The summed E-state index contributed by atoms with van der Waals surface area (Å²) in [5.74, 6) is 0. The van der Waals surface area contributed by atoms with Crippen molar-refractivity contribution in [3.8, 4) is 0 Å². The zero-order valence-electron chi connectivity index (χ0n) is 15.0. The molecule has 1 saturated heterocycles. The van der Waals surface area contributed by atoms with Crippen molar-refractivity contribution in [3.05, 3.63) is 83.9 Å². The van der Waals surface area contributed by atoms with Gasteiger partial charge in [-0.2, -0.15) is 0 Å². The lowest BCUT2D eigenvalue weighted by atomic mass is 10.0. The van der Waals surface area contributed by atoms with E-state index in [-0.39, 0.29) is 12.1 Å². The fourth-order valence-electron chi connectivity index (χ4n) is 3.61. The first-order chi connectivity index (χ1) is 12.7. The fraction of sp³-hybridized carbons (Fsp3) is 0.238. The van der Waals surface area contributed by atoms with E-state index in [1.54, 1.807) is 0 Å². The third-order valence-corrected chi connectivity index (χ3v) is 5.32. The maximum absolute atomic E-state index is 5.73. The minimum absolute atomic E-state index is 0.00292. The average Bonchev–Trinajstić information content (AvgIpc) is 3.25. The second-order valence-electron chi connectivity index (χ2n) is 6.56. The average molecular weight is 363 g/mol. The van der Waals surface area contributed by atoms with E-state index in [9.17, 15) is 0 Å². The van der Waals surface area contributed by atoms with Crippen LogP contribution in [-0.2, 0) is 13.5 Å². The van der Waals surface area contributed by atoms with Crippen LogP contribution in [0.5, 0.6) is 0 Å². The normalized spacial score (nSPS) is 19.6. The van der Waals surface area contributed by atoms with Gasteiger partial charge in [-0.15, -0.1) is 0 Å². The van der Waals surface area contributed by atoms with Gasteiger partial charge in [-0.25, -0.2) is 0 Å². The largest absolute Gasteiger partial charge is 0.353 e. The molecule has 1 aliphatic rings. The number of rotatable bonds is 4. The van der Waals surface area contributed by atoms with E-state index >= 15 is 0 Å².